The van der Waals surface area contributed by atoms with Crippen molar-refractivity contribution >= 4 is 54.5 Å². The van der Waals surface area contributed by atoms with Crippen LogP contribution in [0.2, 0.25) is 0 Å². The summed E-state index contributed by atoms with van der Waals surface area (Å²) in [6.45, 7) is 0. The van der Waals surface area contributed by atoms with Crippen LogP contribution >= 0.6 is 0 Å². The lowest BCUT2D eigenvalue weighted by Gasteiger charge is -2.12. The van der Waals surface area contributed by atoms with E-state index in [0.29, 0.717) is 22.8 Å². The molecule has 0 saturated carbocycles. The first-order chi connectivity index (χ1) is 23.3. The van der Waals surface area contributed by atoms with Gasteiger partial charge in [0.15, 0.2) is 11.6 Å². The van der Waals surface area contributed by atoms with E-state index in [1.165, 1.54) is 16.7 Å². The van der Waals surface area contributed by atoms with Crippen molar-refractivity contribution in [3.8, 4) is 28.7 Å². The summed E-state index contributed by atoms with van der Waals surface area (Å²) in [5, 5.41) is 4.11. The van der Waals surface area contributed by atoms with E-state index in [2.05, 4.69) is 0 Å². The molecule has 9 aromatic rings. The zero-order valence-corrected chi connectivity index (χ0v) is 21.9. The number of benzene rings is 6. The van der Waals surface area contributed by atoms with Gasteiger partial charge in [-0.25, -0.2) is 4.98 Å². The van der Waals surface area contributed by atoms with E-state index in [9.17, 15) is 0 Å². The van der Waals surface area contributed by atoms with Gasteiger partial charge in [-0.1, -0.05) is 103 Å². The fourth-order valence-corrected chi connectivity index (χ4v) is 5.71. The third kappa shape index (κ3) is 3.40. The molecule has 0 N–H and O–H groups in total. The van der Waals surface area contributed by atoms with Gasteiger partial charge in [-0.15, -0.1) is 0 Å². The molecule has 0 radical (unpaired) electrons. The zero-order chi connectivity index (χ0) is 32.8. The molecule has 42 heavy (non-hydrogen) atoms. The van der Waals surface area contributed by atoms with Crippen LogP contribution in [-0.4, -0.2) is 19.5 Å². The number of hydrogen-bond donors (Lipinski definition) is 0. The molecular formula is C37H22N4O. The highest BCUT2D eigenvalue weighted by atomic mass is 16.3. The first kappa shape index (κ1) is 17.8. The molecule has 0 spiro atoms. The zero-order valence-electron chi connectivity index (χ0n) is 27.9. The molecule has 0 aliphatic rings. The molecule has 6 aromatic carbocycles. The van der Waals surface area contributed by atoms with Crippen molar-refractivity contribution in [2.24, 2.45) is 0 Å². The van der Waals surface area contributed by atoms with Gasteiger partial charge in [-0.05, 0) is 41.1 Å². The predicted molar refractivity (Wildman–Crippen MR) is 170 cm³/mol. The number of fused-ring (bicyclic) bond motifs is 7. The Morgan fingerprint density at radius 2 is 1.24 bits per heavy atom. The van der Waals surface area contributed by atoms with Gasteiger partial charge in [0.1, 0.15) is 11.2 Å². The molecule has 0 bridgehead atoms. The van der Waals surface area contributed by atoms with Crippen LogP contribution in [0.25, 0.3) is 83.2 Å². The number of aromatic nitrogens is 4. The molecule has 0 amide bonds. The Hall–Kier alpha value is -5.81. The summed E-state index contributed by atoms with van der Waals surface area (Å²) < 4.78 is 59.9. The third-order valence-corrected chi connectivity index (χ3v) is 7.62. The lowest BCUT2D eigenvalue weighted by atomic mass is 10.0. The molecule has 9 rings (SSSR count). The van der Waals surface area contributed by atoms with Crippen LogP contribution in [0.5, 0.6) is 0 Å². The van der Waals surface area contributed by atoms with Crippen molar-refractivity contribution in [1.29, 1.82) is 0 Å². The Balaban J connectivity index is 1.41. The summed E-state index contributed by atoms with van der Waals surface area (Å²) in [6.07, 6.45) is 0. The van der Waals surface area contributed by atoms with Gasteiger partial charge >= 0.3 is 0 Å². The van der Waals surface area contributed by atoms with E-state index in [4.69, 9.17) is 27.6 Å². The standard InChI is InChI=1S/C37H22N4O/c1-2-12-25-23(10-1)11-9-16-30(25)36-38-35(24-20-21-29-28-15-5-8-19-33(28)42-34(29)22-24)39-37(40-36)41-31-17-6-3-13-26(31)27-14-4-7-18-32(27)41/h1-22H/i3D,4D,13D,14D,17D,18D. The van der Waals surface area contributed by atoms with Gasteiger partial charge in [0.25, 0.3) is 0 Å². The van der Waals surface area contributed by atoms with Gasteiger partial charge in [0, 0.05) is 32.7 Å². The molecule has 5 nitrogen and oxygen atoms in total. The number of para-hydroxylation sites is 3. The summed E-state index contributed by atoms with van der Waals surface area (Å²) in [5.74, 6) is 0.727. The van der Waals surface area contributed by atoms with E-state index in [0.717, 1.165) is 32.7 Å². The van der Waals surface area contributed by atoms with E-state index < -0.39 is 0 Å². The molecule has 0 aliphatic carbocycles. The molecule has 5 heteroatoms. The first-order valence-corrected chi connectivity index (χ1v) is 13.5. The number of nitrogens with zero attached hydrogens (tertiary/aromatic N) is 4. The SMILES string of the molecule is [2H]c1cc([2H])c2c(c1[2H])c1c([2H])c([2H])cc([2H])c1n2-c1nc(-c2ccc3c(c2)oc2ccccc23)nc(-c2cccc3ccccc23)n1. The van der Waals surface area contributed by atoms with E-state index in [1.807, 2.05) is 84.9 Å². The van der Waals surface area contributed by atoms with Gasteiger partial charge in [0.2, 0.25) is 5.95 Å². The molecule has 0 unspecified atom stereocenters. The normalized spacial score (nSPS) is 13.8. The first-order valence-electron chi connectivity index (χ1n) is 16.5. The average molecular weight is 545 g/mol. The second-order valence-corrected chi connectivity index (χ2v) is 10.0. The summed E-state index contributed by atoms with van der Waals surface area (Å²) in [6, 6.07) is 28.8. The summed E-state index contributed by atoms with van der Waals surface area (Å²) in [4.78, 5) is 14.8. The summed E-state index contributed by atoms with van der Waals surface area (Å²) in [7, 11) is 0. The Kier molecular flexibility index (Phi) is 3.75. The fraction of sp³-hybridized carbons (Fsp3) is 0. The van der Waals surface area contributed by atoms with Crippen molar-refractivity contribution < 1.29 is 12.6 Å². The van der Waals surface area contributed by atoms with E-state index in [1.54, 1.807) is 0 Å². The van der Waals surface area contributed by atoms with Crippen molar-refractivity contribution in [3.63, 3.8) is 0 Å². The highest BCUT2D eigenvalue weighted by molar-refractivity contribution is 6.09. The van der Waals surface area contributed by atoms with Crippen LogP contribution < -0.4 is 0 Å². The second kappa shape index (κ2) is 8.85. The molecule has 196 valence electrons. The maximum Gasteiger partial charge on any atom is 0.238 e. The predicted octanol–water partition coefficient (Wildman–Crippen LogP) is 9.36. The molecular weight excluding hydrogens is 516 g/mol. The van der Waals surface area contributed by atoms with Crippen LogP contribution in [0.3, 0.4) is 0 Å². The van der Waals surface area contributed by atoms with Gasteiger partial charge in [0.05, 0.1) is 19.3 Å². The number of furan rings is 1. The number of hydrogen-bond acceptors (Lipinski definition) is 4. The monoisotopic (exact) mass is 544 g/mol. The van der Waals surface area contributed by atoms with Crippen LogP contribution in [-0.2, 0) is 0 Å². The van der Waals surface area contributed by atoms with Crippen LogP contribution in [0, 0.1) is 0 Å². The summed E-state index contributed by atoms with van der Waals surface area (Å²) >= 11 is 0. The smallest absolute Gasteiger partial charge is 0.238 e. The maximum atomic E-state index is 8.93. The average Bonchev–Trinajstić information content (AvgIpc) is 3.66. The molecule has 3 aromatic heterocycles. The topological polar surface area (TPSA) is 56.7 Å². The van der Waals surface area contributed by atoms with Gasteiger partial charge in [-0.3, -0.25) is 4.57 Å². The largest absolute Gasteiger partial charge is 0.456 e. The molecule has 0 aliphatic heterocycles. The Morgan fingerprint density at radius 1 is 0.548 bits per heavy atom. The van der Waals surface area contributed by atoms with Gasteiger partial charge < -0.3 is 4.42 Å². The van der Waals surface area contributed by atoms with Crippen molar-refractivity contribution in [2.45, 2.75) is 0 Å². The second-order valence-electron chi connectivity index (χ2n) is 10.0. The molecule has 0 fully saturated rings. The molecule has 0 saturated heterocycles. The fourth-order valence-electron chi connectivity index (χ4n) is 5.71. The highest BCUT2D eigenvalue weighted by Gasteiger charge is 2.19. The van der Waals surface area contributed by atoms with Crippen LogP contribution in [0.15, 0.2) is 138 Å². The van der Waals surface area contributed by atoms with Crippen LogP contribution in [0.4, 0.5) is 0 Å². The van der Waals surface area contributed by atoms with Crippen molar-refractivity contribution in [1.82, 2.24) is 19.5 Å². The summed E-state index contributed by atoms with van der Waals surface area (Å²) in [5.41, 5.74) is 3.15. The number of rotatable bonds is 3. The molecule has 3 heterocycles. The van der Waals surface area contributed by atoms with Crippen LogP contribution in [0.1, 0.15) is 8.22 Å². The van der Waals surface area contributed by atoms with Gasteiger partial charge in [-0.2, -0.15) is 9.97 Å². The van der Waals surface area contributed by atoms with E-state index in [-0.39, 0.29) is 64.0 Å². The Morgan fingerprint density at radius 3 is 2.07 bits per heavy atom. The lowest BCUT2D eigenvalue weighted by Crippen LogP contribution is -2.06. The van der Waals surface area contributed by atoms with Crippen molar-refractivity contribution in [2.75, 3.05) is 0 Å². The minimum Gasteiger partial charge on any atom is -0.456 e. The van der Waals surface area contributed by atoms with E-state index >= 15 is 0 Å². The Bertz CT molecular complexity index is 2750. The highest BCUT2D eigenvalue weighted by Crippen LogP contribution is 2.35. The Labute approximate surface area is 248 Å². The minimum atomic E-state index is -0.206. The third-order valence-electron chi connectivity index (χ3n) is 7.62. The quantitative estimate of drug-likeness (QED) is 0.222. The maximum absolute atomic E-state index is 8.93. The molecule has 0 atom stereocenters. The minimum absolute atomic E-state index is 0.0731. The lowest BCUT2D eigenvalue weighted by molar-refractivity contribution is 0.669. The van der Waals surface area contributed by atoms with Crippen molar-refractivity contribution in [3.05, 3.63) is 133 Å².